The lowest BCUT2D eigenvalue weighted by Crippen LogP contribution is -2.00. The summed E-state index contributed by atoms with van der Waals surface area (Å²) in [5.41, 5.74) is 0.462. The molecular weight excluding hydrogens is 317 g/mol. The zero-order valence-corrected chi connectivity index (χ0v) is 11.3. The predicted molar refractivity (Wildman–Crippen MR) is 71.5 cm³/mol. The Balaban J connectivity index is 2.17. The van der Waals surface area contributed by atoms with E-state index in [1.54, 1.807) is 18.2 Å². The van der Waals surface area contributed by atoms with Crippen LogP contribution in [-0.2, 0) is 6.61 Å². The van der Waals surface area contributed by atoms with Crippen molar-refractivity contribution in [3.05, 3.63) is 68.4 Å². The topological polar surface area (TPSA) is 52.4 Å². The third-order valence-electron chi connectivity index (χ3n) is 2.47. The number of nitrogens with zero attached hydrogens (tertiary/aromatic N) is 1. The molecule has 2 aromatic rings. The molecule has 19 heavy (non-hydrogen) atoms. The molecule has 0 fully saturated rings. The summed E-state index contributed by atoms with van der Waals surface area (Å²) in [4.78, 5) is 10.4. The highest BCUT2D eigenvalue weighted by Gasteiger charge is 2.13. The van der Waals surface area contributed by atoms with Gasteiger partial charge in [0, 0.05) is 6.07 Å². The average Bonchev–Trinajstić information content (AvgIpc) is 2.38. The van der Waals surface area contributed by atoms with Crippen molar-refractivity contribution in [2.24, 2.45) is 0 Å². The van der Waals surface area contributed by atoms with Gasteiger partial charge < -0.3 is 4.74 Å². The van der Waals surface area contributed by atoms with Gasteiger partial charge in [-0.25, -0.2) is 4.39 Å². The smallest absolute Gasteiger partial charge is 0.276 e. The van der Waals surface area contributed by atoms with Crippen LogP contribution in [0.5, 0.6) is 5.75 Å². The van der Waals surface area contributed by atoms with Crippen molar-refractivity contribution in [1.29, 1.82) is 0 Å². The van der Waals surface area contributed by atoms with Crippen LogP contribution in [0, 0.1) is 15.9 Å². The van der Waals surface area contributed by atoms with E-state index in [-0.39, 0.29) is 18.1 Å². The zero-order chi connectivity index (χ0) is 13.8. The maximum Gasteiger partial charge on any atom is 0.276 e. The highest BCUT2D eigenvalue weighted by atomic mass is 79.9. The van der Waals surface area contributed by atoms with Gasteiger partial charge in [-0.2, -0.15) is 0 Å². The van der Waals surface area contributed by atoms with Gasteiger partial charge in [-0.05, 0) is 40.2 Å². The molecule has 4 nitrogen and oxygen atoms in total. The minimum atomic E-state index is -0.460. The van der Waals surface area contributed by atoms with Gasteiger partial charge in [0.1, 0.15) is 18.2 Å². The van der Waals surface area contributed by atoms with Gasteiger partial charge >= 0.3 is 0 Å². The number of nitro benzene ring substituents is 1. The molecule has 0 saturated heterocycles. The predicted octanol–water partition coefficient (Wildman–Crippen LogP) is 4.08. The van der Waals surface area contributed by atoms with Crippen LogP contribution in [0.25, 0.3) is 0 Å². The number of para-hydroxylation sites is 1. The minimum Gasteiger partial charge on any atom is -0.487 e. The van der Waals surface area contributed by atoms with E-state index in [1.807, 2.05) is 0 Å². The van der Waals surface area contributed by atoms with Crippen molar-refractivity contribution in [2.45, 2.75) is 6.61 Å². The zero-order valence-electron chi connectivity index (χ0n) is 9.68. The fourth-order valence-corrected chi connectivity index (χ4v) is 2.02. The number of hydrogen-bond acceptors (Lipinski definition) is 3. The molecule has 0 atom stereocenters. The summed E-state index contributed by atoms with van der Waals surface area (Å²) in [5.74, 6) is 0.0458. The molecule has 0 spiro atoms. The average molecular weight is 326 g/mol. The number of halogens is 2. The lowest BCUT2D eigenvalue weighted by Gasteiger charge is -2.08. The van der Waals surface area contributed by atoms with Crippen molar-refractivity contribution >= 4 is 21.6 Å². The van der Waals surface area contributed by atoms with E-state index in [0.717, 1.165) is 0 Å². The molecule has 0 aliphatic heterocycles. The molecule has 6 heteroatoms. The van der Waals surface area contributed by atoms with Crippen molar-refractivity contribution in [1.82, 2.24) is 0 Å². The molecule has 0 aliphatic carbocycles. The van der Waals surface area contributed by atoms with Gasteiger partial charge in [0.15, 0.2) is 0 Å². The first-order chi connectivity index (χ1) is 9.08. The van der Waals surface area contributed by atoms with E-state index in [9.17, 15) is 14.5 Å². The quantitative estimate of drug-likeness (QED) is 0.628. The number of ether oxygens (including phenoxy) is 1. The van der Waals surface area contributed by atoms with Crippen LogP contribution in [0.2, 0.25) is 0 Å². The van der Waals surface area contributed by atoms with Crippen LogP contribution >= 0.6 is 15.9 Å². The third-order valence-corrected chi connectivity index (χ3v) is 3.09. The first-order valence-electron chi connectivity index (χ1n) is 5.38. The summed E-state index contributed by atoms with van der Waals surface area (Å²) in [7, 11) is 0. The van der Waals surface area contributed by atoms with Crippen LogP contribution in [0.3, 0.4) is 0 Å². The summed E-state index contributed by atoms with van der Waals surface area (Å²) in [6, 6.07) is 10.3. The van der Waals surface area contributed by atoms with Crippen molar-refractivity contribution in [3.63, 3.8) is 0 Å². The largest absolute Gasteiger partial charge is 0.487 e. The molecule has 0 unspecified atom stereocenters. The summed E-state index contributed by atoms with van der Waals surface area (Å²) >= 11 is 3.17. The third kappa shape index (κ3) is 3.29. The van der Waals surface area contributed by atoms with Gasteiger partial charge in [-0.1, -0.05) is 12.1 Å². The molecule has 0 radical (unpaired) electrons. The lowest BCUT2D eigenvalue weighted by molar-refractivity contribution is -0.385. The molecule has 0 N–H and O–H groups in total. The Kier molecular flexibility index (Phi) is 4.11. The van der Waals surface area contributed by atoms with Gasteiger partial charge in [-0.15, -0.1) is 0 Å². The molecule has 0 saturated carbocycles. The second kappa shape index (κ2) is 5.79. The van der Waals surface area contributed by atoms with Gasteiger partial charge in [0.05, 0.1) is 15.0 Å². The van der Waals surface area contributed by atoms with Gasteiger partial charge in [0.2, 0.25) is 0 Å². The molecule has 2 rings (SSSR count). The van der Waals surface area contributed by atoms with Crippen molar-refractivity contribution < 1.29 is 14.1 Å². The lowest BCUT2D eigenvalue weighted by atomic mass is 10.2. The number of hydrogen-bond donors (Lipinski definition) is 0. The SMILES string of the molecule is O=[N+]([O-])c1ccccc1COc1ccc(F)cc1Br. The van der Waals surface area contributed by atoms with E-state index >= 15 is 0 Å². The fraction of sp³-hybridized carbons (Fsp3) is 0.0769. The van der Waals surface area contributed by atoms with Crippen LogP contribution < -0.4 is 4.74 Å². The number of rotatable bonds is 4. The molecule has 0 amide bonds. The Bertz CT molecular complexity index is 619. The Labute approximate surface area is 117 Å². The number of benzene rings is 2. The molecule has 0 heterocycles. The molecule has 98 valence electrons. The summed E-state index contributed by atoms with van der Waals surface area (Å²) in [6.45, 7) is 0.0430. The van der Waals surface area contributed by atoms with E-state index in [1.165, 1.54) is 24.3 Å². The summed E-state index contributed by atoms with van der Waals surface area (Å²) in [5, 5.41) is 10.8. The normalized spacial score (nSPS) is 10.2. The first kappa shape index (κ1) is 13.5. The molecule has 0 aromatic heterocycles. The van der Waals surface area contributed by atoms with Crippen LogP contribution in [0.15, 0.2) is 46.9 Å². The van der Waals surface area contributed by atoms with Crippen LogP contribution in [-0.4, -0.2) is 4.92 Å². The van der Waals surface area contributed by atoms with E-state index in [0.29, 0.717) is 15.8 Å². The monoisotopic (exact) mass is 325 g/mol. The summed E-state index contributed by atoms with van der Waals surface area (Å²) < 4.78 is 18.8. The molecular formula is C13H9BrFNO3. The Morgan fingerprint density at radius 3 is 2.68 bits per heavy atom. The van der Waals surface area contributed by atoms with E-state index in [4.69, 9.17) is 4.74 Å². The molecule has 0 aliphatic rings. The maximum absolute atomic E-state index is 12.9. The highest BCUT2D eigenvalue weighted by molar-refractivity contribution is 9.10. The van der Waals surface area contributed by atoms with Crippen LogP contribution in [0.1, 0.15) is 5.56 Å². The Morgan fingerprint density at radius 2 is 2.00 bits per heavy atom. The second-order valence-electron chi connectivity index (χ2n) is 3.75. The first-order valence-corrected chi connectivity index (χ1v) is 6.17. The van der Waals surface area contributed by atoms with Gasteiger partial charge in [-0.3, -0.25) is 10.1 Å². The number of nitro groups is 1. The Hall–Kier alpha value is -1.95. The van der Waals surface area contributed by atoms with Crippen molar-refractivity contribution in [3.8, 4) is 5.75 Å². The van der Waals surface area contributed by atoms with E-state index in [2.05, 4.69) is 15.9 Å². The molecule has 0 bridgehead atoms. The van der Waals surface area contributed by atoms with E-state index < -0.39 is 4.92 Å². The second-order valence-corrected chi connectivity index (χ2v) is 4.60. The minimum absolute atomic E-state index is 0.000680. The van der Waals surface area contributed by atoms with Crippen molar-refractivity contribution in [2.75, 3.05) is 0 Å². The standard InChI is InChI=1S/C13H9BrFNO3/c14-11-7-10(15)5-6-13(11)19-8-9-3-1-2-4-12(9)16(17)18/h1-7H,8H2. The fourth-order valence-electron chi connectivity index (χ4n) is 1.56. The van der Waals surface area contributed by atoms with Gasteiger partial charge in [0.25, 0.3) is 5.69 Å². The van der Waals surface area contributed by atoms with Crippen LogP contribution in [0.4, 0.5) is 10.1 Å². The maximum atomic E-state index is 12.9. The Morgan fingerprint density at radius 1 is 1.26 bits per heavy atom. The summed E-state index contributed by atoms with van der Waals surface area (Å²) in [6.07, 6.45) is 0. The highest BCUT2D eigenvalue weighted by Crippen LogP contribution is 2.27. The molecule has 2 aromatic carbocycles.